The van der Waals surface area contributed by atoms with E-state index in [4.69, 9.17) is 0 Å². The number of aliphatic hydroxyl groups is 1. The van der Waals surface area contributed by atoms with Gasteiger partial charge in [0, 0.05) is 41.9 Å². The summed E-state index contributed by atoms with van der Waals surface area (Å²) in [6, 6.07) is 0. The molecule has 0 radical (unpaired) electrons. The van der Waals surface area contributed by atoms with E-state index in [0.29, 0.717) is 23.4 Å². The molecule has 0 saturated carbocycles. The molecule has 0 saturated heterocycles. The number of aromatic hydroxyl groups is 1. The first-order chi connectivity index (χ1) is 9.56. The fraction of sp³-hybridized carbons (Fsp3) is 0.462. The van der Waals surface area contributed by atoms with Crippen LogP contribution in [0.4, 0.5) is 5.13 Å². The summed E-state index contributed by atoms with van der Waals surface area (Å²) >= 11 is 1.33. The van der Waals surface area contributed by atoms with E-state index in [1.54, 1.807) is 13.1 Å². The lowest BCUT2D eigenvalue weighted by Gasteiger charge is -2.21. The highest BCUT2D eigenvalue weighted by Gasteiger charge is 2.17. The van der Waals surface area contributed by atoms with Crippen LogP contribution in [0.2, 0.25) is 0 Å². The minimum absolute atomic E-state index is 0.135. The van der Waals surface area contributed by atoms with Gasteiger partial charge in [-0.1, -0.05) is 0 Å². The third-order valence-electron chi connectivity index (χ3n) is 3.12. The van der Waals surface area contributed by atoms with E-state index in [-0.39, 0.29) is 12.4 Å². The molecule has 2 rings (SSSR count). The normalized spacial score (nSPS) is 10.8. The number of aryl methyl sites for hydroxylation is 2. The third kappa shape index (κ3) is 2.88. The topological polar surface area (TPSA) is 82.4 Å². The molecule has 2 aromatic rings. The fourth-order valence-electron chi connectivity index (χ4n) is 1.92. The van der Waals surface area contributed by atoms with Crippen LogP contribution in [-0.4, -0.2) is 31.1 Å². The van der Waals surface area contributed by atoms with Crippen molar-refractivity contribution in [1.82, 2.24) is 14.3 Å². The summed E-state index contributed by atoms with van der Waals surface area (Å²) in [7, 11) is 0. The van der Waals surface area contributed by atoms with Gasteiger partial charge in [-0.05, 0) is 20.8 Å². The van der Waals surface area contributed by atoms with Gasteiger partial charge in [0.1, 0.15) is 11.6 Å². The minimum Gasteiger partial charge on any atom is -0.506 e. The molecule has 0 bridgehead atoms. The lowest BCUT2D eigenvalue weighted by atomic mass is 10.1. The predicted octanol–water partition coefficient (Wildman–Crippen LogP) is 1.77. The Labute approximate surface area is 121 Å². The van der Waals surface area contributed by atoms with Crippen LogP contribution >= 0.6 is 11.5 Å². The van der Waals surface area contributed by atoms with E-state index in [1.807, 2.05) is 18.7 Å². The van der Waals surface area contributed by atoms with E-state index in [0.717, 1.165) is 17.5 Å². The molecule has 0 atom stereocenters. The van der Waals surface area contributed by atoms with Crippen molar-refractivity contribution >= 4 is 16.7 Å². The Hall–Kier alpha value is -1.73. The number of rotatable bonds is 5. The van der Waals surface area contributed by atoms with E-state index in [9.17, 15) is 10.2 Å². The first-order valence-corrected chi connectivity index (χ1v) is 7.16. The maximum atomic E-state index is 10.2. The van der Waals surface area contributed by atoms with Crippen molar-refractivity contribution in [3.63, 3.8) is 0 Å². The Kier molecular flexibility index (Phi) is 4.51. The number of pyridine rings is 1. The van der Waals surface area contributed by atoms with Crippen molar-refractivity contribution in [2.75, 3.05) is 11.4 Å². The zero-order valence-corrected chi connectivity index (χ0v) is 12.6. The third-order valence-corrected chi connectivity index (χ3v) is 3.99. The Morgan fingerprint density at radius 2 is 2.10 bits per heavy atom. The average Bonchev–Trinajstić information content (AvgIpc) is 2.87. The van der Waals surface area contributed by atoms with Crippen molar-refractivity contribution in [1.29, 1.82) is 0 Å². The molecular formula is C13H18N4O2S. The molecule has 2 aromatic heterocycles. The molecule has 7 heteroatoms. The molecule has 0 unspecified atom stereocenters. The Morgan fingerprint density at radius 3 is 2.65 bits per heavy atom. The van der Waals surface area contributed by atoms with Crippen LogP contribution < -0.4 is 4.90 Å². The molecule has 20 heavy (non-hydrogen) atoms. The van der Waals surface area contributed by atoms with Gasteiger partial charge in [0.2, 0.25) is 5.13 Å². The molecule has 0 aliphatic carbocycles. The van der Waals surface area contributed by atoms with Gasteiger partial charge in [-0.15, -0.1) is 0 Å². The van der Waals surface area contributed by atoms with Gasteiger partial charge in [-0.25, -0.2) is 4.98 Å². The zero-order chi connectivity index (χ0) is 14.7. The van der Waals surface area contributed by atoms with Gasteiger partial charge < -0.3 is 15.1 Å². The summed E-state index contributed by atoms with van der Waals surface area (Å²) in [5.41, 5.74) is 1.88. The second kappa shape index (κ2) is 6.15. The second-order valence-electron chi connectivity index (χ2n) is 4.49. The van der Waals surface area contributed by atoms with Crippen LogP contribution in [-0.2, 0) is 13.2 Å². The maximum absolute atomic E-state index is 10.2. The molecule has 0 amide bonds. The van der Waals surface area contributed by atoms with E-state index in [1.165, 1.54) is 11.5 Å². The zero-order valence-electron chi connectivity index (χ0n) is 11.8. The monoisotopic (exact) mass is 294 g/mol. The summed E-state index contributed by atoms with van der Waals surface area (Å²) in [5.74, 6) is 0.872. The fourth-order valence-corrected chi connectivity index (χ4v) is 2.65. The van der Waals surface area contributed by atoms with Crippen LogP contribution in [0, 0.1) is 13.8 Å². The highest BCUT2D eigenvalue weighted by Crippen LogP contribution is 2.28. The summed E-state index contributed by atoms with van der Waals surface area (Å²) in [5, 5.41) is 20.4. The average molecular weight is 294 g/mol. The van der Waals surface area contributed by atoms with Crippen LogP contribution in [0.25, 0.3) is 0 Å². The largest absolute Gasteiger partial charge is 0.506 e. The van der Waals surface area contributed by atoms with Crippen LogP contribution in [0.15, 0.2) is 6.20 Å². The summed E-state index contributed by atoms with van der Waals surface area (Å²) in [6.07, 6.45) is 1.60. The maximum Gasteiger partial charge on any atom is 0.205 e. The summed E-state index contributed by atoms with van der Waals surface area (Å²) < 4.78 is 4.17. The standard InChI is InChI=1S/C13H18N4O2S/c1-4-17(13-15-9(3)16-20-13)6-11-10(7-18)5-14-8(2)12(11)19/h5,18-19H,4,6-7H2,1-3H3. The first-order valence-electron chi connectivity index (χ1n) is 6.39. The molecule has 0 spiro atoms. The first kappa shape index (κ1) is 14.7. The van der Waals surface area contributed by atoms with Gasteiger partial charge in [0.05, 0.1) is 12.3 Å². The minimum atomic E-state index is -0.150. The molecule has 2 N–H and O–H groups in total. The van der Waals surface area contributed by atoms with E-state index in [2.05, 4.69) is 14.3 Å². The SMILES string of the molecule is CCN(Cc1c(CO)cnc(C)c1O)c1nc(C)ns1. The van der Waals surface area contributed by atoms with Crippen molar-refractivity contribution in [2.45, 2.75) is 33.9 Å². The molecule has 0 aliphatic rings. The Morgan fingerprint density at radius 1 is 1.35 bits per heavy atom. The summed E-state index contributed by atoms with van der Waals surface area (Å²) in [6.45, 7) is 6.66. The Bertz CT molecular complexity index is 600. The number of hydrogen-bond acceptors (Lipinski definition) is 7. The molecule has 0 fully saturated rings. The number of aromatic nitrogens is 3. The van der Waals surface area contributed by atoms with Crippen molar-refractivity contribution in [2.24, 2.45) is 0 Å². The number of hydrogen-bond donors (Lipinski definition) is 2. The molecule has 2 heterocycles. The summed E-state index contributed by atoms with van der Waals surface area (Å²) in [4.78, 5) is 10.4. The van der Waals surface area contributed by atoms with E-state index >= 15 is 0 Å². The van der Waals surface area contributed by atoms with Crippen molar-refractivity contribution in [3.05, 3.63) is 28.8 Å². The van der Waals surface area contributed by atoms with Crippen LogP contribution in [0.5, 0.6) is 5.75 Å². The number of anilines is 1. The van der Waals surface area contributed by atoms with Gasteiger partial charge in [-0.3, -0.25) is 4.98 Å². The molecule has 6 nitrogen and oxygen atoms in total. The predicted molar refractivity (Wildman–Crippen MR) is 77.9 cm³/mol. The Balaban J connectivity index is 2.34. The van der Waals surface area contributed by atoms with Gasteiger partial charge in [0.15, 0.2) is 0 Å². The molecule has 0 aromatic carbocycles. The lowest BCUT2D eigenvalue weighted by Crippen LogP contribution is -2.23. The lowest BCUT2D eigenvalue weighted by molar-refractivity contribution is 0.279. The molecule has 0 aliphatic heterocycles. The van der Waals surface area contributed by atoms with Crippen LogP contribution in [0.3, 0.4) is 0 Å². The highest BCUT2D eigenvalue weighted by molar-refractivity contribution is 7.09. The number of nitrogens with zero attached hydrogens (tertiary/aromatic N) is 4. The van der Waals surface area contributed by atoms with Crippen LogP contribution in [0.1, 0.15) is 29.6 Å². The van der Waals surface area contributed by atoms with Gasteiger partial charge in [-0.2, -0.15) is 4.37 Å². The second-order valence-corrected chi connectivity index (χ2v) is 5.22. The van der Waals surface area contributed by atoms with Gasteiger partial charge in [0.25, 0.3) is 0 Å². The van der Waals surface area contributed by atoms with Crippen molar-refractivity contribution in [3.8, 4) is 5.75 Å². The molecule has 108 valence electrons. The van der Waals surface area contributed by atoms with Crippen molar-refractivity contribution < 1.29 is 10.2 Å². The number of aliphatic hydroxyl groups excluding tert-OH is 1. The van der Waals surface area contributed by atoms with Gasteiger partial charge >= 0.3 is 0 Å². The molecular weight excluding hydrogens is 276 g/mol. The quantitative estimate of drug-likeness (QED) is 0.874. The highest BCUT2D eigenvalue weighted by atomic mass is 32.1. The smallest absolute Gasteiger partial charge is 0.205 e. The van der Waals surface area contributed by atoms with E-state index < -0.39 is 0 Å².